The van der Waals surface area contributed by atoms with Gasteiger partial charge in [-0.05, 0) is 92.4 Å². The van der Waals surface area contributed by atoms with Crippen LogP contribution in [-0.2, 0) is 9.59 Å². The van der Waals surface area contributed by atoms with Gasteiger partial charge in [-0.3, -0.25) is 9.59 Å². The SMILES string of the molecule is CN(C)C1CCC(C(=O)NC2CCCCC2NC(=O)C2CCC(N(C)C)CC2)CC1. The standard InChI is InChI=1S/C24H44N4O2/c1-27(2)19-13-9-17(10-14-19)23(29)25-21-7-5-6-8-22(21)26-24(30)18-11-15-20(16-12-18)28(3)4/h17-22H,5-16H2,1-4H3,(H,25,29)(H,26,30). The second-order valence-electron chi connectivity index (χ2n) is 10.5. The molecule has 0 saturated heterocycles. The van der Waals surface area contributed by atoms with E-state index in [1.165, 1.54) is 0 Å². The molecule has 30 heavy (non-hydrogen) atoms. The summed E-state index contributed by atoms with van der Waals surface area (Å²) in [7, 11) is 8.53. The molecule has 0 aromatic carbocycles. The molecular formula is C24H44N4O2. The van der Waals surface area contributed by atoms with Crippen LogP contribution in [0.2, 0.25) is 0 Å². The molecule has 0 bridgehead atoms. The van der Waals surface area contributed by atoms with Crippen LogP contribution in [0.5, 0.6) is 0 Å². The predicted molar refractivity (Wildman–Crippen MR) is 121 cm³/mol. The minimum absolute atomic E-state index is 0.0971. The molecule has 0 heterocycles. The highest BCUT2D eigenvalue weighted by Gasteiger charge is 2.34. The fraction of sp³-hybridized carbons (Fsp3) is 0.917. The van der Waals surface area contributed by atoms with Crippen LogP contribution >= 0.6 is 0 Å². The second kappa shape index (κ2) is 10.9. The maximum absolute atomic E-state index is 12.9. The summed E-state index contributed by atoms with van der Waals surface area (Å²) in [4.78, 5) is 30.4. The van der Waals surface area contributed by atoms with E-state index in [1.54, 1.807) is 0 Å². The van der Waals surface area contributed by atoms with Crippen molar-refractivity contribution >= 4 is 11.8 Å². The van der Waals surface area contributed by atoms with Crippen LogP contribution in [0.25, 0.3) is 0 Å². The number of carbonyl (C=O) groups excluding carboxylic acids is 2. The Balaban J connectivity index is 1.48. The van der Waals surface area contributed by atoms with E-state index < -0.39 is 0 Å². The Bertz CT molecular complexity index is 514. The van der Waals surface area contributed by atoms with Crippen LogP contribution < -0.4 is 10.6 Å². The molecule has 2 amide bonds. The van der Waals surface area contributed by atoms with E-state index in [1.807, 2.05) is 0 Å². The van der Waals surface area contributed by atoms with Gasteiger partial charge in [-0.25, -0.2) is 0 Å². The fourth-order valence-electron chi connectivity index (χ4n) is 5.79. The van der Waals surface area contributed by atoms with Crippen molar-refractivity contribution in [3.05, 3.63) is 0 Å². The Labute approximate surface area is 183 Å². The number of nitrogens with zero attached hydrogens (tertiary/aromatic N) is 2. The monoisotopic (exact) mass is 420 g/mol. The first-order valence-electron chi connectivity index (χ1n) is 12.3. The first kappa shape index (κ1) is 23.5. The lowest BCUT2D eigenvalue weighted by molar-refractivity contribution is -0.130. The van der Waals surface area contributed by atoms with Crippen molar-refractivity contribution in [2.45, 2.75) is 101 Å². The second-order valence-corrected chi connectivity index (χ2v) is 10.5. The Hall–Kier alpha value is -1.14. The van der Waals surface area contributed by atoms with Crippen LogP contribution in [0, 0.1) is 11.8 Å². The summed E-state index contributed by atoms with van der Waals surface area (Å²) in [6.07, 6.45) is 12.6. The molecular weight excluding hydrogens is 376 g/mol. The summed E-state index contributed by atoms with van der Waals surface area (Å²) in [6.45, 7) is 0. The number of hydrogen-bond acceptors (Lipinski definition) is 4. The van der Waals surface area contributed by atoms with Crippen molar-refractivity contribution in [2.24, 2.45) is 11.8 Å². The molecule has 172 valence electrons. The molecule has 2 atom stereocenters. The van der Waals surface area contributed by atoms with Gasteiger partial charge in [0.2, 0.25) is 11.8 Å². The van der Waals surface area contributed by atoms with E-state index in [0.29, 0.717) is 12.1 Å². The molecule has 0 spiro atoms. The van der Waals surface area contributed by atoms with Crippen molar-refractivity contribution in [2.75, 3.05) is 28.2 Å². The van der Waals surface area contributed by atoms with E-state index >= 15 is 0 Å². The number of rotatable bonds is 6. The summed E-state index contributed by atoms with van der Waals surface area (Å²) >= 11 is 0. The zero-order valence-corrected chi connectivity index (χ0v) is 19.7. The maximum Gasteiger partial charge on any atom is 0.223 e. The van der Waals surface area contributed by atoms with E-state index in [-0.39, 0.29) is 35.7 Å². The molecule has 3 aliphatic carbocycles. The van der Waals surface area contributed by atoms with Gasteiger partial charge in [0.15, 0.2) is 0 Å². The number of carbonyl (C=O) groups is 2. The highest BCUT2D eigenvalue weighted by Crippen LogP contribution is 2.29. The summed E-state index contributed by atoms with van der Waals surface area (Å²) in [5.41, 5.74) is 0. The first-order chi connectivity index (χ1) is 14.3. The van der Waals surface area contributed by atoms with Crippen molar-refractivity contribution in [1.82, 2.24) is 20.4 Å². The molecule has 0 aromatic rings. The van der Waals surface area contributed by atoms with Gasteiger partial charge in [-0.1, -0.05) is 12.8 Å². The largest absolute Gasteiger partial charge is 0.351 e. The molecule has 0 aromatic heterocycles. The lowest BCUT2D eigenvalue weighted by atomic mass is 9.83. The minimum Gasteiger partial charge on any atom is -0.351 e. The summed E-state index contributed by atoms with van der Waals surface area (Å²) < 4.78 is 0. The molecule has 0 aliphatic heterocycles. The van der Waals surface area contributed by atoms with E-state index in [4.69, 9.17) is 0 Å². The van der Waals surface area contributed by atoms with Crippen LogP contribution in [0.3, 0.4) is 0 Å². The van der Waals surface area contributed by atoms with Crippen molar-refractivity contribution < 1.29 is 9.59 Å². The fourth-order valence-corrected chi connectivity index (χ4v) is 5.79. The quantitative estimate of drug-likeness (QED) is 0.694. The number of nitrogens with one attached hydrogen (secondary N) is 2. The minimum atomic E-state index is 0.0971. The third kappa shape index (κ3) is 6.19. The predicted octanol–water partition coefficient (Wildman–Crippen LogP) is 2.77. The van der Waals surface area contributed by atoms with E-state index in [2.05, 4.69) is 48.6 Å². The Morgan fingerprint density at radius 3 is 1.20 bits per heavy atom. The molecule has 3 rings (SSSR count). The average molecular weight is 421 g/mol. The van der Waals surface area contributed by atoms with E-state index in [0.717, 1.165) is 77.0 Å². The van der Waals surface area contributed by atoms with Gasteiger partial charge in [0.05, 0.1) is 0 Å². The topological polar surface area (TPSA) is 64.7 Å². The Kier molecular flexibility index (Phi) is 8.58. The zero-order chi connectivity index (χ0) is 21.7. The van der Waals surface area contributed by atoms with Gasteiger partial charge >= 0.3 is 0 Å². The third-order valence-electron chi connectivity index (χ3n) is 8.02. The van der Waals surface area contributed by atoms with Crippen molar-refractivity contribution in [3.63, 3.8) is 0 Å². The molecule has 6 heteroatoms. The van der Waals surface area contributed by atoms with Crippen molar-refractivity contribution in [1.29, 1.82) is 0 Å². The normalized spacial score (nSPS) is 35.3. The summed E-state index contributed by atoms with van der Waals surface area (Å²) in [6, 6.07) is 1.41. The van der Waals surface area contributed by atoms with Gasteiger partial charge in [0.25, 0.3) is 0 Å². The highest BCUT2D eigenvalue weighted by atomic mass is 16.2. The third-order valence-corrected chi connectivity index (χ3v) is 8.02. The van der Waals surface area contributed by atoms with Crippen LogP contribution in [0.1, 0.15) is 77.0 Å². The van der Waals surface area contributed by atoms with E-state index in [9.17, 15) is 9.59 Å². The molecule has 3 fully saturated rings. The van der Waals surface area contributed by atoms with Gasteiger partial charge in [0.1, 0.15) is 0 Å². The number of amides is 2. The molecule has 0 radical (unpaired) electrons. The summed E-state index contributed by atoms with van der Waals surface area (Å²) in [5, 5.41) is 6.68. The molecule has 6 nitrogen and oxygen atoms in total. The summed E-state index contributed by atoms with van der Waals surface area (Å²) in [5.74, 6) is 0.705. The highest BCUT2D eigenvalue weighted by molar-refractivity contribution is 5.80. The Morgan fingerprint density at radius 1 is 0.567 bits per heavy atom. The van der Waals surface area contributed by atoms with Crippen molar-refractivity contribution in [3.8, 4) is 0 Å². The smallest absolute Gasteiger partial charge is 0.223 e. The number of hydrogen-bond donors (Lipinski definition) is 2. The lowest BCUT2D eigenvalue weighted by Crippen LogP contribution is -2.55. The maximum atomic E-state index is 12.9. The van der Waals surface area contributed by atoms with Crippen LogP contribution in [0.4, 0.5) is 0 Å². The van der Waals surface area contributed by atoms with Crippen LogP contribution in [0.15, 0.2) is 0 Å². The van der Waals surface area contributed by atoms with Gasteiger partial charge in [-0.2, -0.15) is 0 Å². The molecule has 3 saturated carbocycles. The molecule has 2 N–H and O–H groups in total. The average Bonchev–Trinajstić information content (AvgIpc) is 2.75. The van der Waals surface area contributed by atoms with Gasteiger partial charge in [0, 0.05) is 36.0 Å². The first-order valence-corrected chi connectivity index (χ1v) is 12.3. The molecule has 2 unspecified atom stereocenters. The van der Waals surface area contributed by atoms with Gasteiger partial charge in [-0.15, -0.1) is 0 Å². The van der Waals surface area contributed by atoms with Gasteiger partial charge < -0.3 is 20.4 Å². The lowest BCUT2D eigenvalue weighted by Gasteiger charge is -2.37. The molecule has 3 aliphatic rings. The van der Waals surface area contributed by atoms with Crippen LogP contribution in [-0.4, -0.2) is 74.0 Å². The zero-order valence-electron chi connectivity index (χ0n) is 19.7. The Morgan fingerprint density at radius 2 is 0.900 bits per heavy atom.